The molecule has 0 spiro atoms. The summed E-state index contributed by atoms with van der Waals surface area (Å²) in [5.41, 5.74) is 3.30. The van der Waals surface area contributed by atoms with Gasteiger partial charge in [-0.15, -0.1) is 0 Å². The van der Waals surface area contributed by atoms with Crippen molar-refractivity contribution in [3.63, 3.8) is 0 Å². The molecule has 108 valence electrons. The summed E-state index contributed by atoms with van der Waals surface area (Å²) in [5, 5.41) is 5.36. The fourth-order valence-electron chi connectivity index (χ4n) is 2.06. The average molecular weight is 337 g/mol. The fraction of sp³-hybridized carbons (Fsp3) is 0.438. The number of alkyl halides is 1. The van der Waals surface area contributed by atoms with Gasteiger partial charge in [0.1, 0.15) is 12.4 Å². The van der Waals surface area contributed by atoms with Gasteiger partial charge in [-0.05, 0) is 31.9 Å². The summed E-state index contributed by atoms with van der Waals surface area (Å²) in [5.74, 6) is 0.961. The molecule has 2 aromatic rings. The van der Waals surface area contributed by atoms with Crippen LogP contribution >= 0.6 is 15.9 Å². The Morgan fingerprint density at radius 3 is 2.85 bits per heavy atom. The van der Waals surface area contributed by atoms with E-state index in [2.05, 4.69) is 60.0 Å². The van der Waals surface area contributed by atoms with Gasteiger partial charge >= 0.3 is 0 Å². The zero-order valence-electron chi connectivity index (χ0n) is 12.3. The van der Waals surface area contributed by atoms with Crippen molar-refractivity contribution in [3.8, 4) is 5.75 Å². The van der Waals surface area contributed by atoms with E-state index in [1.165, 1.54) is 5.56 Å². The Hall–Kier alpha value is -1.29. The van der Waals surface area contributed by atoms with Crippen LogP contribution in [0.1, 0.15) is 43.1 Å². The molecule has 20 heavy (non-hydrogen) atoms. The summed E-state index contributed by atoms with van der Waals surface area (Å²) < 4.78 is 7.97. The fourth-order valence-corrected chi connectivity index (χ4v) is 2.50. The van der Waals surface area contributed by atoms with Crippen LogP contribution in [0.3, 0.4) is 0 Å². The van der Waals surface area contributed by atoms with Gasteiger partial charge in [0.25, 0.3) is 0 Å². The molecule has 1 aromatic heterocycles. The van der Waals surface area contributed by atoms with E-state index in [1.54, 1.807) is 0 Å². The molecule has 0 aliphatic carbocycles. The Kier molecular flexibility index (Phi) is 5.24. The smallest absolute Gasteiger partial charge is 0.132 e. The normalized spacial score (nSPS) is 12.4. The molecule has 2 rings (SSSR count). The number of hydrogen-bond donors (Lipinski definition) is 0. The number of ether oxygens (including phenoxy) is 1. The average Bonchev–Trinajstić information content (AvgIpc) is 2.93. The Labute approximate surface area is 129 Å². The minimum atomic E-state index is 0.431. The molecule has 0 saturated carbocycles. The highest BCUT2D eigenvalue weighted by molar-refractivity contribution is 9.08. The summed E-state index contributed by atoms with van der Waals surface area (Å²) in [6.45, 7) is 6.91. The van der Waals surface area contributed by atoms with Crippen LogP contribution in [-0.2, 0) is 11.9 Å². The minimum Gasteiger partial charge on any atom is -0.487 e. The van der Waals surface area contributed by atoms with Gasteiger partial charge in [0.05, 0.1) is 5.69 Å². The third-order valence-corrected chi connectivity index (χ3v) is 4.11. The molecule has 0 fully saturated rings. The van der Waals surface area contributed by atoms with E-state index in [0.29, 0.717) is 12.6 Å². The number of nitrogens with zero attached hydrogens (tertiary/aromatic N) is 2. The van der Waals surface area contributed by atoms with E-state index in [9.17, 15) is 0 Å². The molecule has 4 heteroatoms. The number of hydrogen-bond acceptors (Lipinski definition) is 2. The molecule has 0 aliphatic heterocycles. The zero-order valence-corrected chi connectivity index (χ0v) is 13.9. The molecule has 1 aromatic carbocycles. The number of benzene rings is 1. The molecule has 0 bridgehead atoms. The van der Waals surface area contributed by atoms with Crippen LogP contribution in [-0.4, -0.2) is 9.78 Å². The maximum absolute atomic E-state index is 5.97. The second-order valence-corrected chi connectivity index (χ2v) is 5.59. The molecule has 0 amide bonds. The van der Waals surface area contributed by atoms with Crippen molar-refractivity contribution < 1.29 is 4.74 Å². The number of aryl methyl sites for hydroxylation is 1. The van der Waals surface area contributed by atoms with Crippen LogP contribution in [0, 0.1) is 6.92 Å². The van der Waals surface area contributed by atoms with E-state index >= 15 is 0 Å². The van der Waals surface area contributed by atoms with Gasteiger partial charge in [-0.25, -0.2) is 0 Å². The summed E-state index contributed by atoms with van der Waals surface area (Å²) >= 11 is 3.50. The van der Waals surface area contributed by atoms with Crippen LogP contribution in [0.25, 0.3) is 0 Å². The van der Waals surface area contributed by atoms with Gasteiger partial charge in [-0.3, -0.25) is 4.68 Å². The third-order valence-electron chi connectivity index (χ3n) is 3.51. The lowest BCUT2D eigenvalue weighted by Gasteiger charge is -2.12. The standard InChI is InChI=1S/C16H21BrN2O/c1-4-13(3)19-9-8-15(18-19)11-20-16-12(2)6-5-7-14(16)10-17/h5-9,13H,4,10-11H2,1-3H3. The first-order valence-corrected chi connectivity index (χ1v) is 8.09. The predicted octanol–water partition coefficient (Wildman–Crippen LogP) is 4.64. The molecule has 1 atom stereocenters. The Balaban J connectivity index is 2.07. The maximum atomic E-state index is 5.97. The lowest BCUT2D eigenvalue weighted by atomic mass is 10.1. The second-order valence-electron chi connectivity index (χ2n) is 5.03. The quantitative estimate of drug-likeness (QED) is 0.718. The Bertz CT molecular complexity index is 565. The molecule has 0 radical (unpaired) electrons. The summed E-state index contributed by atoms with van der Waals surface area (Å²) in [6, 6.07) is 8.66. The minimum absolute atomic E-state index is 0.431. The van der Waals surface area contributed by atoms with Crippen LogP contribution in [0.15, 0.2) is 30.5 Å². The van der Waals surface area contributed by atoms with E-state index in [0.717, 1.165) is 28.8 Å². The van der Waals surface area contributed by atoms with Crippen LogP contribution in [0.5, 0.6) is 5.75 Å². The molecular weight excluding hydrogens is 316 g/mol. The van der Waals surface area contributed by atoms with Crippen molar-refractivity contribution in [2.75, 3.05) is 0 Å². The summed E-state index contributed by atoms with van der Waals surface area (Å²) in [4.78, 5) is 0. The first-order chi connectivity index (χ1) is 9.65. The molecular formula is C16H21BrN2O. The first kappa shape index (κ1) is 15.1. The number of para-hydroxylation sites is 1. The van der Waals surface area contributed by atoms with Gasteiger partial charge in [-0.2, -0.15) is 5.10 Å². The lowest BCUT2D eigenvalue weighted by molar-refractivity contribution is 0.294. The summed E-state index contributed by atoms with van der Waals surface area (Å²) in [6.07, 6.45) is 3.10. The molecule has 1 heterocycles. The van der Waals surface area contributed by atoms with Crippen LogP contribution in [0.2, 0.25) is 0 Å². The second kappa shape index (κ2) is 6.93. The number of rotatable bonds is 6. The molecule has 0 aliphatic rings. The topological polar surface area (TPSA) is 27.1 Å². The van der Waals surface area contributed by atoms with E-state index < -0.39 is 0 Å². The van der Waals surface area contributed by atoms with Crippen molar-refractivity contribution in [2.45, 2.75) is 45.2 Å². The summed E-state index contributed by atoms with van der Waals surface area (Å²) in [7, 11) is 0. The first-order valence-electron chi connectivity index (χ1n) is 6.97. The highest BCUT2D eigenvalue weighted by atomic mass is 79.9. The highest BCUT2D eigenvalue weighted by Crippen LogP contribution is 2.26. The molecule has 0 N–H and O–H groups in total. The van der Waals surface area contributed by atoms with Crippen molar-refractivity contribution in [3.05, 3.63) is 47.3 Å². The van der Waals surface area contributed by atoms with Crippen LogP contribution < -0.4 is 4.74 Å². The molecule has 0 saturated heterocycles. The van der Waals surface area contributed by atoms with Gasteiger partial charge in [0.2, 0.25) is 0 Å². The predicted molar refractivity (Wildman–Crippen MR) is 85.4 cm³/mol. The van der Waals surface area contributed by atoms with Gasteiger partial charge in [-0.1, -0.05) is 41.1 Å². The lowest BCUT2D eigenvalue weighted by Crippen LogP contribution is -2.06. The van der Waals surface area contributed by atoms with Crippen molar-refractivity contribution in [1.82, 2.24) is 9.78 Å². The van der Waals surface area contributed by atoms with E-state index in [-0.39, 0.29) is 0 Å². The monoisotopic (exact) mass is 336 g/mol. The Morgan fingerprint density at radius 2 is 2.15 bits per heavy atom. The van der Waals surface area contributed by atoms with Gasteiger partial charge in [0, 0.05) is 23.1 Å². The van der Waals surface area contributed by atoms with Crippen molar-refractivity contribution >= 4 is 15.9 Å². The number of halogens is 1. The maximum Gasteiger partial charge on any atom is 0.132 e. The Morgan fingerprint density at radius 1 is 1.35 bits per heavy atom. The van der Waals surface area contributed by atoms with Gasteiger partial charge in [0.15, 0.2) is 0 Å². The third kappa shape index (κ3) is 3.42. The number of aromatic nitrogens is 2. The van der Waals surface area contributed by atoms with Crippen LogP contribution in [0.4, 0.5) is 0 Å². The van der Waals surface area contributed by atoms with Crippen molar-refractivity contribution in [1.29, 1.82) is 0 Å². The van der Waals surface area contributed by atoms with Crippen molar-refractivity contribution in [2.24, 2.45) is 0 Å². The largest absolute Gasteiger partial charge is 0.487 e. The van der Waals surface area contributed by atoms with E-state index in [4.69, 9.17) is 4.74 Å². The van der Waals surface area contributed by atoms with Gasteiger partial charge < -0.3 is 4.74 Å². The van der Waals surface area contributed by atoms with E-state index in [1.807, 2.05) is 16.9 Å². The zero-order chi connectivity index (χ0) is 14.5. The SMILES string of the molecule is CCC(C)n1ccc(COc2c(C)cccc2CBr)n1. The molecule has 1 unspecified atom stereocenters. The highest BCUT2D eigenvalue weighted by Gasteiger charge is 2.08. The molecule has 3 nitrogen and oxygen atoms in total.